The molecule has 0 radical (unpaired) electrons. The van der Waals surface area contributed by atoms with Crippen molar-refractivity contribution in [3.8, 4) is 0 Å². The highest BCUT2D eigenvalue weighted by Gasteiger charge is 2.29. The summed E-state index contributed by atoms with van der Waals surface area (Å²) in [6.07, 6.45) is 0.430. The quantitative estimate of drug-likeness (QED) is 0.846. The standard InChI is InChI=1S/C17H18F3N3O/c18-17(19,20)15-5-3-13(4-6-15)11-23-16(7-8-22-23)21-10-14-2-1-9-24-12-14/h2-8,21H,1,9-12H2. The maximum atomic E-state index is 12.6. The molecule has 0 amide bonds. The zero-order valence-electron chi connectivity index (χ0n) is 13.0. The number of nitrogens with one attached hydrogen (secondary N) is 1. The van der Waals surface area contributed by atoms with E-state index < -0.39 is 11.7 Å². The van der Waals surface area contributed by atoms with Crippen molar-refractivity contribution < 1.29 is 17.9 Å². The number of hydrogen-bond donors (Lipinski definition) is 1. The van der Waals surface area contributed by atoms with Gasteiger partial charge >= 0.3 is 6.18 Å². The van der Waals surface area contributed by atoms with Gasteiger partial charge in [-0.25, -0.2) is 4.68 Å². The number of aromatic nitrogens is 2. The topological polar surface area (TPSA) is 39.1 Å². The summed E-state index contributed by atoms with van der Waals surface area (Å²) < 4.78 is 44.9. The fraction of sp³-hybridized carbons (Fsp3) is 0.353. The van der Waals surface area contributed by atoms with Gasteiger partial charge in [-0.05, 0) is 29.7 Å². The smallest absolute Gasteiger partial charge is 0.377 e. The van der Waals surface area contributed by atoms with E-state index in [9.17, 15) is 13.2 Å². The van der Waals surface area contributed by atoms with Crippen LogP contribution in [0.4, 0.5) is 19.0 Å². The number of alkyl halides is 3. The molecule has 2 aromatic rings. The molecule has 4 nitrogen and oxygen atoms in total. The van der Waals surface area contributed by atoms with E-state index in [-0.39, 0.29) is 0 Å². The molecule has 7 heteroatoms. The number of anilines is 1. The molecule has 0 saturated heterocycles. The van der Waals surface area contributed by atoms with Crippen molar-refractivity contribution in [3.63, 3.8) is 0 Å². The molecular weight excluding hydrogens is 319 g/mol. The van der Waals surface area contributed by atoms with Gasteiger partial charge in [-0.1, -0.05) is 18.2 Å². The lowest BCUT2D eigenvalue weighted by Crippen LogP contribution is -2.16. The molecule has 0 aliphatic carbocycles. The zero-order valence-corrected chi connectivity index (χ0v) is 13.0. The minimum absolute atomic E-state index is 0.406. The Balaban J connectivity index is 1.63. The van der Waals surface area contributed by atoms with E-state index in [0.717, 1.165) is 36.5 Å². The molecule has 128 valence electrons. The van der Waals surface area contributed by atoms with Crippen molar-refractivity contribution in [1.82, 2.24) is 9.78 Å². The summed E-state index contributed by atoms with van der Waals surface area (Å²) in [6, 6.07) is 6.98. The number of benzene rings is 1. The lowest BCUT2D eigenvalue weighted by Gasteiger charge is -2.15. The normalized spacial score (nSPS) is 15.2. The Kier molecular flexibility index (Phi) is 4.89. The van der Waals surface area contributed by atoms with Crippen molar-refractivity contribution in [1.29, 1.82) is 0 Å². The fourth-order valence-corrected chi connectivity index (χ4v) is 2.52. The van der Waals surface area contributed by atoms with Gasteiger partial charge in [-0.2, -0.15) is 18.3 Å². The first-order valence-corrected chi connectivity index (χ1v) is 7.70. The first-order valence-electron chi connectivity index (χ1n) is 7.70. The largest absolute Gasteiger partial charge is 0.416 e. The number of ether oxygens (including phenoxy) is 1. The van der Waals surface area contributed by atoms with E-state index in [1.54, 1.807) is 10.9 Å². The summed E-state index contributed by atoms with van der Waals surface area (Å²) in [4.78, 5) is 0. The molecule has 0 spiro atoms. The van der Waals surface area contributed by atoms with Gasteiger partial charge in [0.15, 0.2) is 0 Å². The van der Waals surface area contributed by atoms with Crippen LogP contribution in [0.5, 0.6) is 0 Å². The fourth-order valence-electron chi connectivity index (χ4n) is 2.52. The first-order chi connectivity index (χ1) is 11.5. The highest BCUT2D eigenvalue weighted by atomic mass is 19.4. The molecule has 1 aromatic heterocycles. The van der Waals surface area contributed by atoms with Crippen LogP contribution in [0.25, 0.3) is 0 Å². The van der Waals surface area contributed by atoms with Crippen LogP contribution in [0, 0.1) is 0 Å². The highest BCUT2D eigenvalue weighted by Crippen LogP contribution is 2.29. The second-order valence-electron chi connectivity index (χ2n) is 5.63. The van der Waals surface area contributed by atoms with Crippen LogP contribution in [0.3, 0.4) is 0 Å². The number of halogens is 3. The van der Waals surface area contributed by atoms with Crippen LogP contribution in [0.2, 0.25) is 0 Å². The molecule has 1 aromatic carbocycles. The summed E-state index contributed by atoms with van der Waals surface area (Å²) in [7, 11) is 0. The predicted molar refractivity (Wildman–Crippen MR) is 84.8 cm³/mol. The number of nitrogens with zero attached hydrogens (tertiary/aromatic N) is 2. The van der Waals surface area contributed by atoms with Gasteiger partial charge in [0.2, 0.25) is 0 Å². The highest BCUT2D eigenvalue weighted by molar-refractivity contribution is 5.37. The molecule has 1 N–H and O–H groups in total. The maximum Gasteiger partial charge on any atom is 0.416 e. The minimum Gasteiger partial charge on any atom is -0.377 e. The Bertz CT molecular complexity index is 705. The lowest BCUT2D eigenvalue weighted by atomic mass is 10.1. The van der Waals surface area contributed by atoms with Crippen molar-refractivity contribution in [2.75, 3.05) is 25.1 Å². The third kappa shape index (κ3) is 4.17. The van der Waals surface area contributed by atoms with Gasteiger partial charge in [0.05, 0.1) is 31.5 Å². The molecule has 24 heavy (non-hydrogen) atoms. The summed E-state index contributed by atoms with van der Waals surface area (Å²) >= 11 is 0. The van der Waals surface area contributed by atoms with Gasteiger partial charge in [-0.3, -0.25) is 0 Å². The molecule has 3 rings (SSSR count). The molecule has 0 atom stereocenters. The monoisotopic (exact) mass is 337 g/mol. The Labute approximate surface area is 137 Å². The van der Waals surface area contributed by atoms with Gasteiger partial charge in [0.25, 0.3) is 0 Å². The van der Waals surface area contributed by atoms with Crippen molar-refractivity contribution >= 4 is 5.82 Å². The van der Waals surface area contributed by atoms with E-state index in [2.05, 4.69) is 16.5 Å². The Morgan fingerprint density at radius 2 is 1.96 bits per heavy atom. The molecule has 1 aliphatic heterocycles. The average molecular weight is 337 g/mol. The third-order valence-electron chi connectivity index (χ3n) is 3.81. The number of hydrogen-bond acceptors (Lipinski definition) is 3. The summed E-state index contributed by atoms with van der Waals surface area (Å²) in [5, 5.41) is 7.52. The molecule has 0 unspecified atom stereocenters. The zero-order chi connectivity index (χ0) is 17.0. The molecule has 0 saturated carbocycles. The van der Waals surface area contributed by atoms with E-state index >= 15 is 0 Å². The van der Waals surface area contributed by atoms with Gasteiger partial charge in [0, 0.05) is 12.6 Å². The summed E-state index contributed by atoms with van der Waals surface area (Å²) in [5.41, 5.74) is 1.30. The molecule has 1 aliphatic rings. The van der Waals surface area contributed by atoms with Gasteiger partial charge in [-0.15, -0.1) is 0 Å². The molecule has 2 heterocycles. The minimum atomic E-state index is -4.31. The van der Waals surface area contributed by atoms with E-state index in [0.29, 0.717) is 19.7 Å². The van der Waals surface area contributed by atoms with E-state index in [1.807, 2.05) is 6.07 Å². The Hall–Kier alpha value is -2.28. The number of rotatable bonds is 5. The second-order valence-corrected chi connectivity index (χ2v) is 5.63. The molecule has 0 fully saturated rings. The lowest BCUT2D eigenvalue weighted by molar-refractivity contribution is -0.137. The van der Waals surface area contributed by atoms with Crippen LogP contribution in [0.1, 0.15) is 17.5 Å². The van der Waals surface area contributed by atoms with Crippen molar-refractivity contribution in [2.45, 2.75) is 19.1 Å². The molecule has 0 bridgehead atoms. The van der Waals surface area contributed by atoms with Crippen molar-refractivity contribution in [2.24, 2.45) is 0 Å². The SMILES string of the molecule is FC(F)(F)c1ccc(Cn2nccc2NCC2=CCCOC2)cc1. The predicted octanol–water partition coefficient (Wildman–Crippen LogP) is 3.71. The van der Waals surface area contributed by atoms with Crippen molar-refractivity contribution in [3.05, 3.63) is 59.3 Å². The van der Waals surface area contributed by atoms with Crippen LogP contribution >= 0.6 is 0 Å². The van der Waals surface area contributed by atoms with Crippen LogP contribution in [-0.2, 0) is 17.5 Å². The van der Waals surface area contributed by atoms with Crippen LogP contribution < -0.4 is 5.32 Å². The third-order valence-corrected chi connectivity index (χ3v) is 3.81. The summed E-state index contributed by atoms with van der Waals surface area (Å²) in [6.45, 7) is 2.46. The van der Waals surface area contributed by atoms with Gasteiger partial charge in [0.1, 0.15) is 5.82 Å². The van der Waals surface area contributed by atoms with E-state index in [1.165, 1.54) is 17.7 Å². The Morgan fingerprint density at radius 1 is 1.17 bits per heavy atom. The second kappa shape index (κ2) is 7.09. The van der Waals surface area contributed by atoms with Crippen LogP contribution in [-0.4, -0.2) is 29.5 Å². The summed E-state index contributed by atoms with van der Waals surface area (Å²) in [5.74, 6) is 0.821. The average Bonchev–Trinajstić information content (AvgIpc) is 3.01. The van der Waals surface area contributed by atoms with Crippen LogP contribution in [0.15, 0.2) is 48.2 Å². The molecular formula is C17H18F3N3O. The van der Waals surface area contributed by atoms with Gasteiger partial charge < -0.3 is 10.1 Å². The van der Waals surface area contributed by atoms with E-state index in [4.69, 9.17) is 4.74 Å². The Morgan fingerprint density at radius 3 is 2.62 bits per heavy atom. The maximum absolute atomic E-state index is 12.6. The first kappa shape index (κ1) is 16.6.